The van der Waals surface area contributed by atoms with Crippen LogP contribution in [0.1, 0.15) is 38.1 Å². The maximum absolute atomic E-state index is 10.6. The normalized spacial score (nSPS) is 15.2. The monoisotopic (exact) mass is 260 g/mol. The number of aryl methyl sites for hydroxylation is 1. The Balaban J connectivity index is 2.45. The second-order valence-corrected chi connectivity index (χ2v) is 5.84. The summed E-state index contributed by atoms with van der Waals surface area (Å²) in [4.78, 5) is 1.42. The zero-order valence-corrected chi connectivity index (χ0v) is 11.8. The predicted octanol–water partition coefficient (Wildman–Crippen LogP) is 1.75. The van der Waals surface area contributed by atoms with Crippen molar-refractivity contribution in [2.24, 2.45) is 12.5 Å². The minimum absolute atomic E-state index is 0.264. The number of aliphatic hydroxyl groups is 1. The van der Waals surface area contributed by atoms with Crippen molar-refractivity contribution in [1.82, 2.24) is 20.2 Å². The Labute approximate surface area is 113 Å². The number of hydrogen-bond acceptors (Lipinski definition) is 4. The van der Waals surface area contributed by atoms with Crippen LogP contribution in [0.3, 0.4) is 0 Å². The van der Waals surface area contributed by atoms with E-state index in [9.17, 15) is 5.11 Å². The number of nitrogens with zero attached hydrogens (tertiary/aromatic N) is 4. The summed E-state index contributed by atoms with van der Waals surface area (Å²) in [7, 11) is 1.72. The summed E-state index contributed by atoms with van der Waals surface area (Å²) in [5, 5.41) is 22.8. The van der Waals surface area contributed by atoms with Gasteiger partial charge in [-0.2, -0.15) is 4.80 Å². The van der Waals surface area contributed by atoms with Gasteiger partial charge in [0.2, 0.25) is 0 Å². The molecule has 0 aliphatic heterocycles. The Bertz CT molecular complexity index is 530. The van der Waals surface area contributed by atoms with Gasteiger partial charge >= 0.3 is 0 Å². The lowest BCUT2D eigenvalue weighted by atomic mass is 9.78. The van der Waals surface area contributed by atoms with E-state index in [-0.39, 0.29) is 11.3 Å². The van der Waals surface area contributed by atoms with Gasteiger partial charge in [-0.1, -0.05) is 51.1 Å². The molecule has 2 unspecified atom stereocenters. The number of aliphatic hydroxyl groups excluding tert-OH is 1. The van der Waals surface area contributed by atoms with Gasteiger partial charge in [0.1, 0.15) is 0 Å². The van der Waals surface area contributed by atoms with Gasteiger partial charge in [-0.05, 0) is 16.2 Å². The van der Waals surface area contributed by atoms with E-state index in [1.54, 1.807) is 7.05 Å². The number of rotatable bonds is 3. The summed E-state index contributed by atoms with van der Waals surface area (Å²) < 4.78 is 0. The van der Waals surface area contributed by atoms with Crippen LogP contribution in [-0.2, 0) is 7.05 Å². The van der Waals surface area contributed by atoms with E-state index in [4.69, 9.17) is 0 Å². The molecule has 5 heteroatoms. The van der Waals surface area contributed by atoms with E-state index < -0.39 is 6.10 Å². The van der Waals surface area contributed by atoms with E-state index in [1.165, 1.54) is 4.80 Å². The number of hydrogen-bond donors (Lipinski definition) is 1. The van der Waals surface area contributed by atoms with Crippen LogP contribution in [0.25, 0.3) is 0 Å². The van der Waals surface area contributed by atoms with Gasteiger partial charge in [0.05, 0.1) is 19.1 Å². The topological polar surface area (TPSA) is 63.8 Å². The van der Waals surface area contributed by atoms with Crippen molar-refractivity contribution in [3.05, 3.63) is 41.7 Å². The smallest absolute Gasteiger partial charge is 0.184 e. The van der Waals surface area contributed by atoms with E-state index in [0.29, 0.717) is 5.82 Å². The largest absolute Gasteiger partial charge is 0.391 e. The van der Waals surface area contributed by atoms with Gasteiger partial charge in [0.15, 0.2) is 5.82 Å². The van der Waals surface area contributed by atoms with Gasteiger partial charge < -0.3 is 5.11 Å². The Morgan fingerprint density at radius 2 is 1.79 bits per heavy atom. The minimum Gasteiger partial charge on any atom is -0.391 e. The maximum Gasteiger partial charge on any atom is 0.184 e. The molecule has 2 aromatic rings. The zero-order valence-electron chi connectivity index (χ0n) is 11.8. The van der Waals surface area contributed by atoms with E-state index in [0.717, 1.165) is 5.56 Å². The molecule has 1 heterocycles. The number of benzene rings is 1. The van der Waals surface area contributed by atoms with Crippen LogP contribution >= 0.6 is 0 Å². The molecular formula is C14H20N4O. The van der Waals surface area contributed by atoms with Crippen LogP contribution in [0.2, 0.25) is 0 Å². The molecule has 2 rings (SSSR count). The van der Waals surface area contributed by atoms with E-state index >= 15 is 0 Å². The molecule has 0 radical (unpaired) electrons. The van der Waals surface area contributed by atoms with Crippen molar-refractivity contribution in [3.8, 4) is 0 Å². The summed E-state index contributed by atoms with van der Waals surface area (Å²) in [6, 6.07) is 9.82. The molecule has 0 aliphatic rings. The Morgan fingerprint density at radius 3 is 2.26 bits per heavy atom. The van der Waals surface area contributed by atoms with Gasteiger partial charge in [-0.25, -0.2) is 0 Å². The highest BCUT2D eigenvalue weighted by Crippen LogP contribution is 2.34. The summed E-state index contributed by atoms with van der Waals surface area (Å²) >= 11 is 0. The van der Waals surface area contributed by atoms with Crippen LogP contribution in [0, 0.1) is 5.41 Å². The van der Waals surface area contributed by atoms with Crippen LogP contribution < -0.4 is 0 Å². The van der Waals surface area contributed by atoms with Crippen molar-refractivity contribution in [3.63, 3.8) is 0 Å². The molecule has 1 aromatic heterocycles. The lowest BCUT2D eigenvalue weighted by Gasteiger charge is -2.31. The molecule has 5 nitrogen and oxygen atoms in total. The van der Waals surface area contributed by atoms with Crippen LogP contribution in [-0.4, -0.2) is 31.4 Å². The average molecular weight is 260 g/mol. The van der Waals surface area contributed by atoms with E-state index in [2.05, 4.69) is 15.4 Å². The molecule has 0 saturated heterocycles. The molecule has 0 fully saturated rings. The van der Waals surface area contributed by atoms with Crippen LogP contribution in [0.4, 0.5) is 0 Å². The molecule has 19 heavy (non-hydrogen) atoms. The highest BCUT2D eigenvalue weighted by atomic mass is 16.3. The van der Waals surface area contributed by atoms with Crippen molar-refractivity contribution >= 4 is 0 Å². The number of tetrazole rings is 1. The maximum atomic E-state index is 10.6. The standard InChI is InChI=1S/C14H20N4O/c1-14(2,3)12(19)11(10-8-6-5-7-9-10)13-15-17-18(4)16-13/h5-9,11-12,19H,1-4H3. The van der Waals surface area contributed by atoms with Crippen molar-refractivity contribution in [1.29, 1.82) is 0 Å². The molecule has 1 N–H and O–H groups in total. The van der Waals surface area contributed by atoms with Crippen molar-refractivity contribution < 1.29 is 5.11 Å². The fourth-order valence-corrected chi connectivity index (χ4v) is 2.06. The van der Waals surface area contributed by atoms with Gasteiger partial charge in [0, 0.05) is 0 Å². The zero-order chi connectivity index (χ0) is 14.0. The lowest BCUT2D eigenvalue weighted by molar-refractivity contribution is 0.0468. The first kappa shape index (κ1) is 13.7. The molecule has 1 aromatic carbocycles. The van der Waals surface area contributed by atoms with Crippen LogP contribution in [0.15, 0.2) is 30.3 Å². The quantitative estimate of drug-likeness (QED) is 0.913. The summed E-state index contributed by atoms with van der Waals surface area (Å²) in [5.74, 6) is 0.283. The first-order valence-electron chi connectivity index (χ1n) is 6.36. The Hall–Kier alpha value is -1.75. The molecule has 0 spiro atoms. The highest BCUT2D eigenvalue weighted by Gasteiger charge is 2.35. The van der Waals surface area contributed by atoms with E-state index in [1.807, 2.05) is 51.1 Å². The van der Waals surface area contributed by atoms with Gasteiger partial charge in [-0.15, -0.1) is 10.2 Å². The Kier molecular flexibility index (Phi) is 3.66. The number of aromatic nitrogens is 4. The highest BCUT2D eigenvalue weighted by molar-refractivity contribution is 5.27. The third-order valence-corrected chi connectivity index (χ3v) is 3.16. The molecule has 2 atom stereocenters. The fourth-order valence-electron chi connectivity index (χ4n) is 2.06. The second kappa shape index (κ2) is 5.09. The summed E-state index contributed by atoms with van der Waals surface area (Å²) in [6.07, 6.45) is -0.584. The van der Waals surface area contributed by atoms with Crippen molar-refractivity contribution in [2.45, 2.75) is 32.8 Å². The molecule has 102 valence electrons. The lowest BCUT2D eigenvalue weighted by Crippen LogP contribution is -2.33. The summed E-state index contributed by atoms with van der Waals surface area (Å²) in [6.45, 7) is 6.01. The Morgan fingerprint density at radius 1 is 1.16 bits per heavy atom. The third-order valence-electron chi connectivity index (χ3n) is 3.16. The first-order chi connectivity index (χ1) is 8.89. The molecule has 0 saturated carbocycles. The van der Waals surface area contributed by atoms with Gasteiger partial charge in [0.25, 0.3) is 0 Å². The first-order valence-corrected chi connectivity index (χ1v) is 6.36. The van der Waals surface area contributed by atoms with Gasteiger partial charge in [-0.3, -0.25) is 0 Å². The molecule has 0 amide bonds. The predicted molar refractivity (Wildman–Crippen MR) is 72.5 cm³/mol. The average Bonchev–Trinajstić information content (AvgIpc) is 2.76. The SMILES string of the molecule is Cn1nnc(C(c2ccccc2)C(O)C(C)(C)C)n1. The van der Waals surface area contributed by atoms with Crippen LogP contribution in [0.5, 0.6) is 0 Å². The fraction of sp³-hybridized carbons (Fsp3) is 0.500. The molecular weight excluding hydrogens is 240 g/mol. The minimum atomic E-state index is -0.584. The van der Waals surface area contributed by atoms with Crippen molar-refractivity contribution in [2.75, 3.05) is 0 Å². The molecule has 0 aliphatic carbocycles. The third kappa shape index (κ3) is 2.98. The summed E-state index contributed by atoms with van der Waals surface area (Å²) in [5.41, 5.74) is 0.734. The molecule has 0 bridgehead atoms. The second-order valence-electron chi connectivity index (χ2n) is 5.84.